The average Bonchev–Trinajstić information content (AvgIpc) is 2.40. The van der Waals surface area contributed by atoms with Crippen LogP contribution in [0, 0.1) is 5.92 Å². The van der Waals surface area contributed by atoms with Gasteiger partial charge in [0.2, 0.25) is 0 Å². The van der Waals surface area contributed by atoms with Gasteiger partial charge in [-0.3, -0.25) is 0 Å². The standard InChI is InChI=1S/C13H18N2O2/c14-10-11-6-8-15(9-7-11)13(16)17-12-4-2-1-3-5-12/h1-5,11H,6-10,14H2. The number of amides is 1. The summed E-state index contributed by atoms with van der Waals surface area (Å²) in [5.41, 5.74) is 5.61. The molecule has 1 fully saturated rings. The number of carbonyl (C=O) groups is 1. The van der Waals surface area contributed by atoms with Crippen molar-refractivity contribution in [1.29, 1.82) is 0 Å². The minimum Gasteiger partial charge on any atom is -0.410 e. The molecule has 0 radical (unpaired) electrons. The number of benzene rings is 1. The molecule has 2 rings (SSSR count). The number of piperidine rings is 1. The van der Waals surface area contributed by atoms with Crippen LogP contribution in [0.4, 0.5) is 4.79 Å². The number of ether oxygens (including phenoxy) is 1. The van der Waals surface area contributed by atoms with Crippen molar-refractivity contribution in [2.45, 2.75) is 12.8 Å². The van der Waals surface area contributed by atoms with E-state index < -0.39 is 0 Å². The highest BCUT2D eigenvalue weighted by atomic mass is 16.6. The summed E-state index contributed by atoms with van der Waals surface area (Å²) in [7, 11) is 0. The van der Waals surface area contributed by atoms with Crippen molar-refractivity contribution in [2.24, 2.45) is 11.7 Å². The number of carbonyl (C=O) groups excluding carboxylic acids is 1. The van der Waals surface area contributed by atoms with Gasteiger partial charge in [-0.05, 0) is 37.4 Å². The van der Waals surface area contributed by atoms with E-state index in [-0.39, 0.29) is 6.09 Å². The van der Waals surface area contributed by atoms with E-state index in [4.69, 9.17) is 10.5 Å². The van der Waals surface area contributed by atoms with E-state index in [1.54, 1.807) is 17.0 Å². The molecule has 0 unspecified atom stereocenters. The van der Waals surface area contributed by atoms with Crippen LogP contribution < -0.4 is 10.5 Å². The Labute approximate surface area is 101 Å². The third kappa shape index (κ3) is 3.20. The average molecular weight is 234 g/mol. The zero-order chi connectivity index (χ0) is 12.1. The number of likely N-dealkylation sites (tertiary alicyclic amines) is 1. The summed E-state index contributed by atoms with van der Waals surface area (Å²) in [6, 6.07) is 9.16. The number of hydrogen-bond acceptors (Lipinski definition) is 3. The van der Waals surface area contributed by atoms with Crippen LogP contribution in [0.2, 0.25) is 0 Å². The largest absolute Gasteiger partial charge is 0.415 e. The maximum atomic E-state index is 11.8. The maximum absolute atomic E-state index is 11.8. The van der Waals surface area contributed by atoms with Crippen molar-refractivity contribution in [2.75, 3.05) is 19.6 Å². The van der Waals surface area contributed by atoms with Crippen molar-refractivity contribution >= 4 is 6.09 Å². The second-order valence-corrected chi connectivity index (χ2v) is 4.35. The van der Waals surface area contributed by atoms with Crippen molar-refractivity contribution in [3.05, 3.63) is 30.3 Å². The Hall–Kier alpha value is -1.55. The van der Waals surface area contributed by atoms with Crippen LogP contribution in [0.5, 0.6) is 5.75 Å². The quantitative estimate of drug-likeness (QED) is 0.849. The minimum atomic E-state index is -0.258. The number of nitrogens with two attached hydrogens (primary N) is 1. The lowest BCUT2D eigenvalue weighted by atomic mass is 9.97. The fraction of sp³-hybridized carbons (Fsp3) is 0.462. The lowest BCUT2D eigenvalue weighted by Gasteiger charge is -2.30. The van der Waals surface area contributed by atoms with Crippen LogP contribution in [0.25, 0.3) is 0 Å². The molecular formula is C13H18N2O2. The van der Waals surface area contributed by atoms with E-state index >= 15 is 0 Å². The number of para-hydroxylation sites is 1. The highest BCUT2D eigenvalue weighted by Gasteiger charge is 2.23. The molecule has 4 heteroatoms. The molecule has 1 aromatic rings. The molecule has 1 aliphatic rings. The molecule has 0 aromatic heterocycles. The number of hydrogen-bond donors (Lipinski definition) is 1. The topological polar surface area (TPSA) is 55.6 Å². The molecule has 0 bridgehead atoms. The van der Waals surface area contributed by atoms with Gasteiger partial charge < -0.3 is 15.4 Å². The van der Waals surface area contributed by atoms with Gasteiger partial charge in [-0.25, -0.2) is 4.79 Å². The van der Waals surface area contributed by atoms with Crippen LogP contribution in [0.3, 0.4) is 0 Å². The first kappa shape index (κ1) is 11.9. The van der Waals surface area contributed by atoms with Gasteiger partial charge in [-0.1, -0.05) is 18.2 Å². The van der Waals surface area contributed by atoms with Crippen LogP contribution in [-0.4, -0.2) is 30.6 Å². The summed E-state index contributed by atoms with van der Waals surface area (Å²) in [5.74, 6) is 1.15. The lowest BCUT2D eigenvalue weighted by molar-refractivity contribution is 0.132. The van der Waals surface area contributed by atoms with Gasteiger partial charge in [-0.15, -0.1) is 0 Å². The van der Waals surface area contributed by atoms with E-state index in [0.29, 0.717) is 18.2 Å². The molecule has 2 N–H and O–H groups in total. The molecule has 0 saturated carbocycles. The molecule has 1 aromatic carbocycles. The zero-order valence-electron chi connectivity index (χ0n) is 9.84. The van der Waals surface area contributed by atoms with Gasteiger partial charge in [0.1, 0.15) is 5.75 Å². The van der Waals surface area contributed by atoms with Crippen molar-refractivity contribution in [1.82, 2.24) is 4.90 Å². The summed E-state index contributed by atoms with van der Waals surface area (Å²) in [4.78, 5) is 13.6. The van der Waals surface area contributed by atoms with E-state index in [1.807, 2.05) is 18.2 Å². The Bertz CT molecular complexity index is 359. The molecule has 92 valence electrons. The van der Waals surface area contributed by atoms with Crippen LogP contribution >= 0.6 is 0 Å². The first-order chi connectivity index (χ1) is 8.29. The zero-order valence-corrected chi connectivity index (χ0v) is 9.84. The first-order valence-electron chi connectivity index (χ1n) is 6.01. The minimum absolute atomic E-state index is 0.258. The fourth-order valence-electron chi connectivity index (χ4n) is 2.01. The van der Waals surface area contributed by atoms with E-state index in [1.165, 1.54) is 0 Å². The van der Waals surface area contributed by atoms with Crippen molar-refractivity contribution in [3.63, 3.8) is 0 Å². The van der Waals surface area contributed by atoms with E-state index in [2.05, 4.69) is 0 Å². The third-order valence-corrected chi connectivity index (χ3v) is 3.15. The lowest BCUT2D eigenvalue weighted by Crippen LogP contribution is -2.41. The fourth-order valence-corrected chi connectivity index (χ4v) is 2.01. The summed E-state index contributed by atoms with van der Waals surface area (Å²) in [6.07, 6.45) is 1.69. The van der Waals surface area contributed by atoms with Gasteiger partial charge in [0.25, 0.3) is 0 Å². The molecule has 1 saturated heterocycles. The summed E-state index contributed by atoms with van der Waals surface area (Å²) >= 11 is 0. The predicted octanol–water partition coefficient (Wildman–Crippen LogP) is 1.86. The van der Waals surface area contributed by atoms with Crippen LogP contribution in [-0.2, 0) is 0 Å². The highest BCUT2D eigenvalue weighted by molar-refractivity contribution is 5.70. The molecule has 0 aliphatic carbocycles. The SMILES string of the molecule is NCC1CCN(C(=O)Oc2ccccc2)CC1. The molecule has 1 heterocycles. The summed E-state index contributed by atoms with van der Waals surface area (Å²) < 4.78 is 5.28. The second-order valence-electron chi connectivity index (χ2n) is 4.35. The highest BCUT2D eigenvalue weighted by Crippen LogP contribution is 2.17. The van der Waals surface area contributed by atoms with E-state index in [0.717, 1.165) is 25.9 Å². The van der Waals surface area contributed by atoms with Gasteiger partial charge >= 0.3 is 6.09 Å². The maximum Gasteiger partial charge on any atom is 0.415 e. The van der Waals surface area contributed by atoms with Gasteiger partial charge in [0.15, 0.2) is 0 Å². The number of nitrogens with zero attached hydrogens (tertiary/aromatic N) is 1. The Balaban J connectivity index is 1.85. The Kier molecular flexibility index (Phi) is 3.98. The summed E-state index contributed by atoms with van der Waals surface area (Å²) in [6.45, 7) is 2.20. The predicted molar refractivity (Wildman–Crippen MR) is 65.8 cm³/mol. The van der Waals surface area contributed by atoms with Crippen LogP contribution in [0.15, 0.2) is 30.3 Å². The smallest absolute Gasteiger partial charge is 0.410 e. The Morgan fingerprint density at radius 2 is 1.94 bits per heavy atom. The normalized spacial score (nSPS) is 16.9. The van der Waals surface area contributed by atoms with Gasteiger partial charge in [-0.2, -0.15) is 0 Å². The van der Waals surface area contributed by atoms with Crippen molar-refractivity contribution in [3.8, 4) is 5.75 Å². The monoisotopic (exact) mass is 234 g/mol. The Morgan fingerprint density at radius 1 is 1.29 bits per heavy atom. The second kappa shape index (κ2) is 5.68. The number of rotatable bonds is 2. The third-order valence-electron chi connectivity index (χ3n) is 3.15. The molecule has 0 spiro atoms. The Morgan fingerprint density at radius 3 is 2.53 bits per heavy atom. The first-order valence-corrected chi connectivity index (χ1v) is 6.01. The van der Waals surface area contributed by atoms with Gasteiger partial charge in [0.05, 0.1) is 0 Å². The molecular weight excluding hydrogens is 216 g/mol. The van der Waals surface area contributed by atoms with E-state index in [9.17, 15) is 4.79 Å². The molecule has 1 amide bonds. The van der Waals surface area contributed by atoms with Crippen LogP contribution in [0.1, 0.15) is 12.8 Å². The molecule has 4 nitrogen and oxygen atoms in total. The molecule has 0 atom stereocenters. The molecule has 17 heavy (non-hydrogen) atoms. The summed E-state index contributed by atoms with van der Waals surface area (Å²) in [5, 5.41) is 0. The molecule has 1 aliphatic heterocycles. The van der Waals surface area contributed by atoms with Crippen molar-refractivity contribution < 1.29 is 9.53 Å². The van der Waals surface area contributed by atoms with Gasteiger partial charge in [0, 0.05) is 13.1 Å².